The van der Waals surface area contributed by atoms with E-state index in [4.69, 9.17) is 48.8 Å². The lowest BCUT2D eigenvalue weighted by Gasteiger charge is -2.09. The van der Waals surface area contributed by atoms with Gasteiger partial charge in [-0.3, -0.25) is 0 Å². The molecule has 3 aromatic heterocycles. The van der Waals surface area contributed by atoms with Crippen molar-refractivity contribution < 1.29 is 29.0 Å². The van der Waals surface area contributed by atoms with Crippen LogP contribution in [0.1, 0.15) is 31.7 Å². The van der Waals surface area contributed by atoms with Gasteiger partial charge in [-0.1, -0.05) is 83.3 Å². The van der Waals surface area contributed by atoms with Gasteiger partial charge in [0.1, 0.15) is 0 Å². The van der Waals surface area contributed by atoms with E-state index in [1.54, 1.807) is 34.0 Å². The number of aromatic nitrogens is 3. The Morgan fingerprint density at radius 3 is 1.62 bits per heavy atom. The molecule has 6 heterocycles. The summed E-state index contributed by atoms with van der Waals surface area (Å²) in [7, 11) is -2.59. The number of thiazole rings is 3. The molecule has 0 atom stereocenters. The molecule has 6 aromatic carbocycles. The van der Waals surface area contributed by atoms with E-state index in [1.165, 1.54) is 0 Å². The van der Waals surface area contributed by atoms with E-state index in [9.17, 15) is 15.1 Å². The van der Waals surface area contributed by atoms with Gasteiger partial charge in [-0.2, -0.15) is 0 Å². The largest absolute Gasteiger partial charge is 0.491 e. The zero-order valence-electron chi connectivity index (χ0n) is 33.8. The molecular formula is C45H33B3Cl3N3O6S3. The summed E-state index contributed by atoms with van der Waals surface area (Å²) < 4.78 is 19.1. The summed E-state index contributed by atoms with van der Waals surface area (Å²) in [5, 5.41) is 34.7. The van der Waals surface area contributed by atoms with Crippen LogP contribution in [-0.2, 0) is 33.8 Å². The summed E-state index contributed by atoms with van der Waals surface area (Å²) in [4.78, 5) is 13.6. The van der Waals surface area contributed by atoms with Crippen LogP contribution in [0.15, 0.2) is 91.0 Å². The zero-order valence-corrected chi connectivity index (χ0v) is 38.5. The highest BCUT2D eigenvalue weighted by Gasteiger charge is 2.31. The van der Waals surface area contributed by atoms with Crippen molar-refractivity contribution in [3.63, 3.8) is 0 Å². The minimum atomic E-state index is -0.868. The van der Waals surface area contributed by atoms with Crippen molar-refractivity contribution in [1.82, 2.24) is 15.0 Å². The van der Waals surface area contributed by atoms with Crippen LogP contribution in [0.3, 0.4) is 0 Å². The molecule has 0 saturated heterocycles. The first-order chi connectivity index (χ1) is 30.4. The van der Waals surface area contributed by atoms with E-state index in [0.29, 0.717) is 34.9 Å². The van der Waals surface area contributed by atoms with Gasteiger partial charge in [0.15, 0.2) is 0 Å². The molecule has 312 valence electrons. The lowest BCUT2D eigenvalue weighted by molar-refractivity contribution is 0.275. The van der Waals surface area contributed by atoms with Crippen LogP contribution in [-0.4, -0.2) is 51.4 Å². The molecule has 3 N–H and O–H groups in total. The number of fused-ring (bicyclic) bond motifs is 6. The van der Waals surface area contributed by atoms with Crippen LogP contribution in [0.4, 0.5) is 0 Å². The number of halogens is 3. The lowest BCUT2D eigenvalue weighted by atomic mass is 9.78. The highest BCUT2D eigenvalue weighted by atomic mass is 35.5. The quantitative estimate of drug-likeness (QED) is 0.149. The number of aryl methyl sites for hydroxylation is 3. The predicted octanol–water partition coefficient (Wildman–Crippen LogP) is 9.43. The Bertz CT molecular complexity index is 3130. The molecule has 0 saturated carbocycles. The van der Waals surface area contributed by atoms with E-state index >= 15 is 0 Å². The number of para-hydroxylation sites is 1. The van der Waals surface area contributed by atoms with Crippen molar-refractivity contribution in [2.45, 2.75) is 40.6 Å². The van der Waals surface area contributed by atoms with Gasteiger partial charge < -0.3 is 29.0 Å². The van der Waals surface area contributed by atoms with E-state index in [2.05, 4.69) is 27.1 Å². The molecule has 3 aliphatic heterocycles. The standard InChI is InChI=1S/3C15H11BClNO2S/c1-8-18-14-5-9(2-3-15(14)21-8)11-6-12-10(4-13(11)17)7-20-16(12)19;1-8-18-15-10(3-2-4-14(15)21-8)11-6-12-9(5-13(11)17)7-20-16(12)19;1-8-18-14-4-2-3-10(15(14)21-8)11-6-12-9(5-13(11)17)7-20-16(12)19/h3*2-6,19H,7H2,1H3. The van der Waals surface area contributed by atoms with Crippen molar-refractivity contribution in [2.24, 2.45) is 0 Å². The second kappa shape index (κ2) is 17.3. The number of hydrogen-bond donors (Lipinski definition) is 3. The predicted molar refractivity (Wildman–Crippen MR) is 262 cm³/mol. The summed E-state index contributed by atoms with van der Waals surface area (Å²) in [6.07, 6.45) is 0. The van der Waals surface area contributed by atoms with Crippen LogP contribution in [0.25, 0.3) is 64.0 Å². The Hall–Kier alpha value is -4.19. The fourth-order valence-electron chi connectivity index (χ4n) is 8.13. The normalized spacial score (nSPS) is 14.0. The number of benzene rings is 6. The van der Waals surface area contributed by atoms with Crippen molar-refractivity contribution in [3.05, 3.63) is 138 Å². The molecular weight excluding hydrogens is 914 g/mol. The molecule has 0 radical (unpaired) electrons. The Morgan fingerprint density at radius 2 is 0.984 bits per heavy atom. The average molecular weight is 947 g/mol. The first-order valence-corrected chi connectivity index (χ1v) is 23.4. The van der Waals surface area contributed by atoms with E-state index in [-0.39, 0.29) is 0 Å². The third-order valence-electron chi connectivity index (χ3n) is 11.1. The smallest absolute Gasteiger partial charge is 0.423 e. The molecule has 12 rings (SSSR count). The maximum absolute atomic E-state index is 9.89. The minimum absolute atomic E-state index is 0.399. The summed E-state index contributed by atoms with van der Waals surface area (Å²) in [6.45, 7) is 7.20. The molecule has 0 unspecified atom stereocenters. The fourth-order valence-corrected chi connectivity index (χ4v) is 11.6. The first-order valence-electron chi connectivity index (χ1n) is 19.8. The van der Waals surface area contributed by atoms with Gasteiger partial charge in [-0.05, 0) is 102 Å². The molecule has 9 aromatic rings. The van der Waals surface area contributed by atoms with Gasteiger partial charge in [0.05, 0.1) is 65.5 Å². The molecule has 0 bridgehead atoms. The molecule has 0 fully saturated rings. The SMILES string of the molecule is Cc1nc2c(-c3cc4c(cc3Cl)COB4O)cccc2s1.Cc1nc2cc(-c3cc4c(cc3Cl)COB4O)ccc2s1.Cc1nc2cccc(-c3cc4c(cc3Cl)COB4O)c2s1. The average Bonchev–Trinajstić information content (AvgIpc) is 4.13. The summed E-state index contributed by atoms with van der Waals surface area (Å²) in [5.74, 6) is 0. The highest BCUT2D eigenvalue weighted by Crippen LogP contribution is 2.39. The Morgan fingerprint density at radius 1 is 0.492 bits per heavy atom. The number of nitrogens with zero attached hydrogens (tertiary/aromatic N) is 3. The van der Waals surface area contributed by atoms with E-state index in [0.717, 1.165) is 112 Å². The van der Waals surface area contributed by atoms with Gasteiger partial charge in [-0.25, -0.2) is 15.0 Å². The van der Waals surface area contributed by atoms with E-state index < -0.39 is 21.4 Å². The van der Waals surface area contributed by atoms with Crippen LogP contribution >= 0.6 is 68.8 Å². The van der Waals surface area contributed by atoms with Gasteiger partial charge >= 0.3 is 21.4 Å². The molecule has 0 aliphatic carbocycles. The molecule has 9 nitrogen and oxygen atoms in total. The third kappa shape index (κ3) is 8.24. The van der Waals surface area contributed by atoms with Crippen LogP contribution in [0.5, 0.6) is 0 Å². The second-order valence-electron chi connectivity index (χ2n) is 15.3. The Balaban J connectivity index is 0.000000112. The van der Waals surface area contributed by atoms with Gasteiger partial charge in [0, 0.05) is 42.9 Å². The van der Waals surface area contributed by atoms with Crippen molar-refractivity contribution >= 4 is 137 Å². The minimum Gasteiger partial charge on any atom is -0.423 e. The summed E-state index contributed by atoms with van der Waals surface area (Å²) in [6, 6.07) is 29.6. The van der Waals surface area contributed by atoms with Crippen molar-refractivity contribution in [1.29, 1.82) is 0 Å². The monoisotopic (exact) mass is 945 g/mol. The Labute approximate surface area is 390 Å². The van der Waals surface area contributed by atoms with Crippen LogP contribution < -0.4 is 16.4 Å². The highest BCUT2D eigenvalue weighted by molar-refractivity contribution is 7.19. The number of rotatable bonds is 3. The maximum atomic E-state index is 9.89. The summed E-state index contributed by atoms with van der Waals surface area (Å²) >= 11 is 24.3. The van der Waals surface area contributed by atoms with Gasteiger partial charge in [0.25, 0.3) is 0 Å². The first kappa shape index (κ1) is 42.7. The lowest BCUT2D eigenvalue weighted by Crippen LogP contribution is -2.28. The van der Waals surface area contributed by atoms with Gasteiger partial charge in [-0.15, -0.1) is 34.0 Å². The van der Waals surface area contributed by atoms with E-state index in [1.807, 2.05) is 99.6 Å². The molecule has 18 heteroatoms. The van der Waals surface area contributed by atoms with Crippen molar-refractivity contribution in [2.75, 3.05) is 0 Å². The van der Waals surface area contributed by atoms with Crippen LogP contribution in [0, 0.1) is 20.8 Å². The molecule has 63 heavy (non-hydrogen) atoms. The summed E-state index contributed by atoms with van der Waals surface area (Å²) in [5.41, 5.74) is 13.9. The molecule has 0 amide bonds. The third-order valence-corrected chi connectivity index (χ3v) is 15.0. The van der Waals surface area contributed by atoms with Crippen molar-refractivity contribution in [3.8, 4) is 33.4 Å². The van der Waals surface area contributed by atoms with Crippen LogP contribution in [0.2, 0.25) is 15.1 Å². The fraction of sp³-hybridized carbons (Fsp3) is 0.133. The number of hydrogen-bond acceptors (Lipinski definition) is 12. The topological polar surface area (TPSA) is 127 Å². The Kier molecular flexibility index (Phi) is 11.7. The zero-order chi connectivity index (χ0) is 43.7. The molecule has 0 spiro atoms. The molecule has 3 aliphatic rings. The maximum Gasteiger partial charge on any atom is 0.491 e. The van der Waals surface area contributed by atoms with Gasteiger partial charge in [0.2, 0.25) is 0 Å². The second-order valence-corrected chi connectivity index (χ2v) is 20.2.